The molecule has 0 radical (unpaired) electrons. The molecule has 0 aliphatic heterocycles. The van der Waals surface area contributed by atoms with Crippen molar-refractivity contribution in [2.24, 2.45) is 0 Å². The number of para-hydroxylation sites is 2. The highest BCUT2D eigenvalue weighted by atomic mass is 32.2. The highest BCUT2D eigenvalue weighted by Crippen LogP contribution is 2.30. The lowest BCUT2D eigenvalue weighted by molar-refractivity contribution is 0.412. The van der Waals surface area contributed by atoms with E-state index >= 15 is 0 Å². The Bertz CT molecular complexity index is 769. The van der Waals surface area contributed by atoms with Crippen LogP contribution in [0.5, 0.6) is 5.75 Å². The van der Waals surface area contributed by atoms with Crippen molar-refractivity contribution in [1.29, 1.82) is 0 Å². The molecule has 1 aromatic carbocycles. The fourth-order valence-corrected chi connectivity index (χ4v) is 2.68. The lowest BCUT2D eigenvalue weighted by atomic mass is 10.2. The average molecular weight is 286 g/mol. The highest BCUT2D eigenvalue weighted by molar-refractivity contribution is 7.98. The molecule has 0 aliphatic carbocycles. The topological polar surface area (TPSA) is 52.8 Å². The van der Waals surface area contributed by atoms with E-state index in [0.29, 0.717) is 0 Å². The first kappa shape index (κ1) is 12.9. The summed E-state index contributed by atoms with van der Waals surface area (Å²) in [6, 6.07) is 7.80. The van der Waals surface area contributed by atoms with Gasteiger partial charge in [0.1, 0.15) is 22.0 Å². The molecule has 0 unspecified atom stereocenters. The van der Waals surface area contributed by atoms with Crippen LogP contribution >= 0.6 is 11.8 Å². The number of rotatable bonds is 3. The van der Waals surface area contributed by atoms with Crippen LogP contribution in [0.2, 0.25) is 0 Å². The van der Waals surface area contributed by atoms with E-state index < -0.39 is 0 Å². The zero-order valence-electron chi connectivity index (χ0n) is 11.5. The van der Waals surface area contributed by atoms with Crippen LogP contribution in [0.1, 0.15) is 5.69 Å². The zero-order valence-corrected chi connectivity index (χ0v) is 12.3. The molecule has 5 nitrogen and oxygen atoms in total. The van der Waals surface area contributed by atoms with Crippen molar-refractivity contribution >= 4 is 22.7 Å². The van der Waals surface area contributed by atoms with Crippen LogP contribution in [-0.2, 0) is 0 Å². The van der Waals surface area contributed by atoms with Gasteiger partial charge in [-0.15, -0.1) is 16.9 Å². The molecule has 0 saturated heterocycles. The SMILES string of the molecule is COc1ccccc1-n1ncc2c(C)nnc(SC)c21. The van der Waals surface area contributed by atoms with Gasteiger partial charge >= 0.3 is 0 Å². The molecular formula is C14H14N4OS. The highest BCUT2D eigenvalue weighted by Gasteiger charge is 2.15. The summed E-state index contributed by atoms with van der Waals surface area (Å²) < 4.78 is 7.28. The molecule has 2 aromatic heterocycles. The maximum Gasteiger partial charge on any atom is 0.145 e. The van der Waals surface area contributed by atoms with Crippen LogP contribution in [0.3, 0.4) is 0 Å². The van der Waals surface area contributed by atoms with E-state index in [1.54, 1.807) is 18.9 Å². The van der Waals surface area contributed by atoms with Crippen molar-refractivity contribution in [2.45, 2.75) is 11.9 Å². The fourth-order valence-electron chi connectivity index (χ4n) is 2.17. The summed E-state index contributed by atoms with van der Waals surface area (Å²) in [7, 11) is 1.66. The Balaban J connectivity index is 2.35. The molecule has 0 spiro atoms. The second-order valence-corrected chi connectivity index (χ2v) is 5.08. The van der Waals surface area contributed by atoms with Crippen molar-refractivity contribution in [3.63, 3.8) is 0 Å². The summed E-state index contributed by atoms with van der Waals surface area (Å²) in [5.74, 6) is 0.777. The fraction of sp³-hybridized carbons (Fsp3) is 0.214. The minimum absolute atomic E-state index is 0.777. The van der Waals surface area contributed by atoms with Crippen LogP contribution < -0.4 is 4.74 Å². The number of ether oxygens (including phenoxy) is 1. The molecule has 102 valence electrons. The number of aromatic nitrogens is 4. The average Bonchev–Trinajstić information content (AvgIpc) is 2.93. The Morgan fingerprint density at radius 1 is 1.20 bits per heavy atom. The molecule has 2 heterocycles. The molecule has 0 amide bonds. The lowest BCUT2D eigenvalue weighted by Crippen LogP contribution is -2.01. The molecule has 0 aliphatic rings. The molecule has 0 saturated carbocycles. The van der Waals surface area contributed by atoms with Crippen LogP contribution in [0.15, 0.2) is 35.5 Å². The number of benzene rings is 1. The number of fused-ring (bicyclic) bond motifs is 1. The van der Waals surface area contributed by atoms with Gasteiger partial charge in [-0.3, -0.25) is 0 Å². The molecule has 0 atom stereocenters. The van der Waals surface area contributed by atoms with Gasteiger partial charge in [0.05, 0.1) is 19.0 Å². The van der Waals surface area contributed by atoms with Gasteiger partial charge in [0.15, 0.2) is 0 Å². The van der Waals surface area contributed by atoms with Crippen molar-refractivity contribution in [2.75, 3.05) is 13.4 Å². The van der Waals surface area contributed by atoms with E-state index in [1.165, 1.54) is 0 Å². The van der Waals surface area contributed by atoms with Gasteiger partial charge in [0.25, 0.3) is 0 Å². The molecule has 0 bridgehead atoms. The van der Waals surface area contributed by atoms with E-state index in [4.69, 9.17) is 4.74 Å². The van der Waals surface area contributed by atoms with Gasteiger partial charge < -0.3 is 4.74 Å². The summed E-state index contributed by atoms with van der Waals surface area (Å²) in [4.78, 5) is 0. The number of hydrogen-bond acceptors (Lipinski definition) is 5. The predicted octanol–water partition coefficient (Wildman–Crippen LogP) is 2.85. The Morgan fingerprint density at radius 3 is 2.75 bits per heavy atom. The Hall–Kier alpha value is -2.08. The summed E-state index contributed by atoms with van der Waals surface area (Å²) in [5.41, 5.74) is 2.74. The number of aryl methyl sites for hydroxylation is 1. The number of methoxy groups -OCH3 is 1. The number of nitrogens with zero attached hydrogens (tertiary/aromatic N) is 4. The van der Waals surface area contributed by atoms with Gasteiger partial charge in [0.2, 0.25) is 0 Å². The minimum Gasteiger partial charge on any atom is -0.494 e. The van der Waals surface area contributed by atoms with Crippen molar-refractivity contribution < 1.29 is 4.74 Å². The van der Waals surface area contributed by atoms with Crippen molar-refractivity contribution in [3.8, 4) is 11.4 Å². The second-order valence-electron chi connectivity index (χ2n) is 4.29. The number of hydrogen-bond donors (Lipinski definition) is 0. The van der Waals surface area contributed by atoms with Crippen molar-refractivity contribution in [1.82, 2.24) is 20.0 Å². The van der Waals surface area contributed by atoms with E-state index in [0.717, 1.165) is 33.1 Å². The van der Waals surface area contributed by atoms with Crippen molar-refractivity contribution in [3.05, 3.63) is 36.2 Å². The third kappa shape index (κ3) is 1.92. The second kappa shape index (κ2) is 5.13. The van der Waals surface area contributed by atoms with E-state index in [9.17, 15) is 0 Å². The summed E-state index contributed by atoms with van der Waals surface area (Å²) in [5, 5.41) is 14.8. The van der Waals surface area contributed by atoms with Crippen LogP contribution in [0, 0.1) is 6.92 Å². The summed E-state index contributed by atoms with van der Waals surface area (Å²) >= 11 is 1.56. The first-order valence-electron chi connectivity index (χ1n) is 6.14. The minimum atomic E-state index is 0.777. The third-order valence-electron chi connectivity index (χ3n) is 3.16. The molecule has 20 heavy (non-hydrogen) atoms. The number of thioether (sulfide) groups is 1. The quantitative estimate of drug-likeness (QED) is 0.693. The van der Waals surface area contributed by atoms with Gasteiger partial charge in [-0.05, 0) is 25.3 Å². The first-order chi connectivity index (χ1) is 9.76. The van der Waals surface area contributed by atoms with Crippen LogP contribution in [-0.4, -0.2) is 33.3 Å². The molecule has 6 heteroatoms. The monoisotopic (exact) mass is 286 g/mol. The Labute approximate surface area is 121 Å². The normalized spacial score (nSPS) is 10.9. The van der Waals surface area contributed by atoms with Gasteiger partial charge in [-0.1, -0.05) is 12.1 Å². The lowest BCUT2D eigenvalue weighted by Gasteiger charge is -2.10. The first-order valence-corrected chi connectivity index (χ1v) is 7.37. The van der Waals surface area contributed by atoms with Crippen LogP contribution in [0.4, 0.5) is 0 Å². The van der Waals surface area contributed by atoms with E-state index in [2.05, 4.69) is 15.3 Å². The standard InChI is InChI=1S/C14H14N4OS/c1-9-10-8-15-18(13(10)14(20-3)17-16-9)11-6-4-5-7-12(11)19-2/h4-8H,1-3H3. The molecule has 0 N–H and O–H groups in total. The zero-order chi connectivity index (χ0) is 14.1. The smallest absolute Gasteiger partial charge is 0.145 e. The molecular weight excluding hydrogens is 272 g/mol. The van der Waals surface area contributed by atoms with Gasteiger partial charge in [-0.2, -0.15) is 10.2 Å². The van der Waals surface area contributed by atoms with Crippen LogP contribution in [0.25, 0.3) is 16.6 Å². The molecule has 3 rings (SSSR count). The maximum atomic E-state index is 5.42. The molecule has 3 aromatic rings. The maximum absolute atomic E-state index is 5.42. The Kier molecular flexibility index (Phi) is 3.31. The Morgan fingerprint density at radius 2 is 2.00 bits per heavy atom. The van der Waals surface area contributed by atoms with Gasteiger partial charge in [0, 0.05) is 5.39 Å². The summed E-state index contributed by atoms with van der Waals surface area (Å²) in [6.45, 7) is 1.94. The summed E-state index contributed by atoms with van der Waals surface area (Å²) in [6.07, 6.45) is 3.81. The van der Waals surface area contributed by atoms with E-state index in [-0.39, 0.29) is 0 Å². The largest absolute Gasteiger partial charge is 0.494 e. The third-order valence-corrected chi connectivity index (χ3v) is 3.82. The molecule has 0 fully saturated rings. The predicted molar refractivity (Wildman–Crippen MR) is 79.7 cm³/mol. The van der Waals surface area contributed by atoms with Gasteiger partial charge in [-0.25, -0.2) is 4.68 Å². The van der Waals surface area contributed by atoms with E-state index in [1.807, 2.05) is 48.3 Å².